The standard InChI is InChI=1S/C30H40F2N3O6PS/c1-28(2,3)24(33-25(36)23-17-19-16-20(9-10-22(19)43-23)30(31,32)42(39,40)41)27(38)35-14-7-8-21(35)26(37)34-15-13-29(18-34)11-5-4-6-12-29/h9-10,16-17,21,24H,4-8,11-15,18H2,1-3H3,(H,33,36)(H2,39,40,41)/t21-,24?/m0/s1. The molecule has 236 valence electrons. The van der Waals surface area contributed by atoms with E-state index in [1.54, 1.807) is 4.90 Å². The van der Waals surface area contributed by atoms with E-state index in [0.29, 0.717) is 30.6 Å². The fourth-order valence-electron chi connectivity index (χ4n) is 6.86. The second-order valence-electron chi connectivity index (χ2n) is 13.5. The summed E-state index contributed by atoms with van der Waals surface area (Å²) in [7, 11) is -5.75. The van der Waals surface area contributed by atoms with Gasteiger partial charge in [0, 0.05) is 29.9 Å². The van der Waals surface area contributed by atoms with Crippen LogP contribution in [-0.4, -0.2) is 69.0 Å². The largest absolute Gasteiger partial charge is 0.399 e. The minimum absolute atomic E-state index is 0.0142. The normalized spacial score (nSPS) is 21.9. The second-order valence-corrected chi connectivity index (χ2v) is 16.2. The number of thiophene rings is 1. The van der Waals surface area contributed by atoms with Crippen LogP contribution in [0.1, 0.15) is 87.4 Å². The van der Waals surface area contributed by atoms with Crippen LogP contribution in [0.15, 0.2) is 24.3 Å². The van der Waals surface area contributed by atoms with Crippen LogP contribution in [0, 0.1) is 10.8 Å². The van der Waals surface area contributed by atoms with E-state index < -0.39 is 42.2 Å². The quantitative estimate of drug-likeness (QED) is 0.361. The number of halogens is 2. The highest BCUT2D eigenvalue weighted by Crippen LogP contribution is 2.59. The molecule has 1 saturated carbocycles. The molecule has 3 amide bonds. The molecule has 0 radical (unpaired) electrons. The first-order valence-corrected chi connectivity index (χ1v) is 17.3. The zero-order valence-electron chi connectivity index (χ0n) is 24.8. The lowest BCUT2D eigenvalue weighted by Crippen LogP contribution is -2.57. The summed E-state index contributed by atoms with van der Waals surface area (Å²) in [6, 6.07) is 3.04. The number of fused-ring (bicyclic) bond motifs is 1. The fourth-order valence-corrected chi connectivity index (χ4v) is 8.28. The Hall–Kier alpha value is -2.40. The van der Waals surface area contributed by atoms with Gasteiger partial charge >= 0.3 is 13.3 Å². The van der Waals surface area contributed by atoms with E-state index in [1.807, 2.05) is 25.7 Å². The Kier molecular flexibility index (Phi) is 8.57. The van der Waals surface area contributed by atoms with Gasteiger partial charge in [-0.3, -0.25) is 18.9 Å². The van der Waals surface area contributed by atoms with Gasteiger partial charge in [0.2, 0.25) is 11.8 Å². The molecule has 1 aromatic carbocycles. The minimum Gasteiger partial charge on any atom is -0.340 e. The number of rotatable bonds is 6. The highest BCUT2D eigenvalue weighted by Gasteiger charge is 2.50. The smallest absolute Gasteiger partial charge is 0.340 e. The molecule has 13 heteroatoms. The zero-order chi connectivity index (χ0) is 31.4. The maximum Gasteiger partial charge on any atom is 0.399 e. The van der Waals surface area contributed by atoms with Crippen LogP contribution in [-0.2, 0) is 19.8 Å². The second kappa shape index (κ2) is 11.5. The molecule has 2 aromatic rings. The molecule has 0 bridgehead atoms. The molecule has 1 unspecified atom stereocenters. The molecular weight excluding hydrogens is 599 g/mol. The molecule has 5 rings (SSSR count). The first-order chi connectivity index (χ1) is 20.0. The molecule has 2 atom stereocenters. The Bertz CT molecular complexity index is 1460. The van der Waals surface area contributed by atoms with Gasteiger partial charge in [-0.1, -0.05) is 46.1 Å². The van der Waals surface area contributed by atoms with Crippen LogP contribution in [0.25, 0.3) is 10.1 Å². The van der Waals surface area contributed by atoms with Crippen LogP contribution >= 0.6 is 18.9 Å². The molecule has 1 aromatic heterocycles. The Labute approximate surface area is 254 Å². The van der Waals surface area contributed by atoms with Crippen molar-refractivity contribution in [2.75, 3.05) is 19.6 Å². The van der Waals surface area contributed by atoms with Gasteiger partial charge in [-0.05, 0) is 66.5 Å². The van der Waals surface area contributed by atoms with E-state index in [9.17, 15) is 27.7 Å². The van der Waals surface area contributed by atoms with Crippen molar-refractivity contribution in [2.24, 2.45) is 10.8 Å². The number of amides is 3. The first kappa shape index (κ1) is 32.0. The van der Waals surface area contributed by atoms with Crippen LogP contribution in [0.3, 0.4) is 0 Å². The summed E-state index contributed by atoms with van der Waals surface area (Å²) in [4.78, 5) is 63.0. The molecule has 3 heterocycles. The van der Waals surface area contributed by atoms with Gasteiger partial charge < -0.3 is 24.9 Å². The first-order valence-electron chi connectivity index (χ1n) is 14.9. The number of nitrogens with one attached hydrogen (secondary N) is 1. The molecule has 1 aliphatic carbocycles. The third-order valence-electron chi connectivity index (χ3n) is 9.33. The number of alkyl halides is 2. The predicted molar refractivity (Wildman–Crippen MR) is 160 cm³/mol. The van der Waals surface area contributed by atoms with Crippen molar-refractivity contribution in [1.82, 2.24) is 15.1 Å². The Morgan fingerprint density at radius 2 is 1.74 bits per heavy atom. The summed E-state index contributed by atoms with van der Waals surface area (Å²) in [6.07, 6.45) is 8.22. The Morgan fingerprint density at radius 3 is 2.40 bits per heavy atom. The van der Waals surface area contributed by atoms with E-state index >= 15 is 0 Å². The van der Waals surface area contributed by atoms with Crippen LogP contribution < -0.4 is 5.32 Å². The van der Waals surface area contributed by atoms with Gasteiger partial charge in [-0.25, -0.2) is 0 Å². The topological polar surface area (TPSA) is 127 Å². The lowest BCUT2D eigenvalue weighted by molar-refractivity contribution is -0.146. The number of carbonyl (C=O) groups is 3. The molecule has 2 aliphatic heterocycles. The van der Waals surface area contributed by atoms with Gasteiger partial charge in [0.25, 0.3) is 5.91 Å². The van der Waals surface area contributed by atoms with Crippen molar-refractivity contribution in [3.63, 3.8) is 0 Å². The zero-order valence-corrected chi connectivity index (χ0v) is 26.5. The van der Waals surface area contributed by atoms with Crippen LogP contribution in [0.2, 0.25) is 0 Å². The minimum atomic E-state index is -5.75. The van der Waals surface area contributed by atoms with Crippen molar-refractivity contribution < 1.29 is 37.5 Å². The summed E-state index contributed by atoms with van der Waals surface area (Å²) in [6.45, 7) is 7.38. The number of benzene rings is 1. The lowest BCUT2D eigenvalue weighted by atomic mass is 9.73. The highest BCUT2D eigenvalue weighted by molar-refractivity contribution is 7.52. The molecular formula is C30H40F2N3O6PS. The summed E-state index contributed by atoms with van der Waals surface area (Å²) >= 11 is 1.02. The Balaban J connectivity index is 1.32. The third kappa shape index (κ3) is 6.26. The summed E-state index contributed by atoms with van der Waals surface area (Å²) in [5, 5.41) is 3.07. The molecule has 3 N–H and O–H groups in total. The number of likely N-dealkylation sites (tertiary alicyclic amines) is 2. The van der Waals surface area contributed by atoms with Gasteiger partial charge in [0.15, 0.2) is 0 Å². The number of hydrogen-bond acceptors (Lipinski definition) is 5. The fraction of sp³-hybridized carbons (Fsp3) is 0.633. The van der Waals surface area contributed by atoms with Gasteiger partial charge in [-0.2, -0.15) is 8.78 Å². The SMILES string of the molecule is CC(C)(C)C(NC(=O)c1cc2cc(C(F)(F)P(=O)(O)O)ccc2s1)C(=O)N1CCC[C@H]1C(=O)N1CCC2(CCCCC2)C1. The van der Waals surface area contributed by atoms with Crippen molar-refractivity contribution >= 4 is 46.7 Å². The van der Waals surface area contributed by atoms with Crippen LogP contribution in [0.4, 0.5) is 8.78 Å². The van der Waals surface area contributed by atoms with E-state index in [0.717, 1.165) is 49.3 Å². The average molecular weight is 640 g/mol. The van der Waals surface area contributed by atoms with Crippen LogP contribution in [0.5, 0.6) is 0 Å². The highest BCUT2D eigenvalue weighted by atomic mass is 32.1. The summed E-state index contributed by atoms with van der Waals surface area (Å²) in [5.74, 6) is -0.911. The van der Waals surface area contributed by atoms with E-state index in [4.69, 9.17) is 9.79 Å². The monoisotopic (exact) mass is 639 g/mol. The van der Waals surface area contributed by atoms with E-state index in [-0.39, 0.29) is 27.5 Å². The van der Waals surface area contributed by atoms with E-state index in [1.165, 1.54) is 31.4 Å². The average Bonchev–Trinajstić information content (AvgIpc) is 3.68. The number of nitrogens with zero attached hydrogens (tertiary/aromatic N) is 2. The molecule has 43 heavy (non-hydrogen) atoms. The molecule has 1 spiro atoms. The van der Waals surface area contributed by atoms with Crippen molar-refractivity contribution in [1.29, 1.82) is 0 Å². The number of hydrogen-bond donors (Lipinski definition) is 3. The van der Waals surface area contributed by atoms with Crippen molar-refractivity contribution in [3.05, 3.63) is 34.7 Å². The summed E-state index contributed by atoms with van der Waals surface area (Å²) in [5.41, 5.74) is -5.71. The van der Waals surface area contributed by atoms with Gasteiger partial charge in [0.1, 0.15) is 12.1 Å². The van der Waals surface area contributed by atoms with Gasteiger partial charge in [0.05, 0.1) is 4.88 Å². The number of carbonyl (C=O) groups excluding carboxylic acids is 3. The third-order valence-corrected chi connectivity index (χ3v) is 11.4. The maximum atomic E-state index is 14.3. The molecule has 3 aliphatic rings. The predicted octanol–water partition coefficient (Wildman–Crippen LogP) is 5.45. The summed E-state index contributed by atoms with van der Waals surface area (Å²) < 4.78 is 40.3. The molecule has 2 saturated heterocycles. The van der Waals surface area contributed by atoms with Crippen molar-refractivity contribution in [2.45, 2.75) is 89.9 Å². The van der Waals surface area contributed by atoms with E-state index in [2.05, 4.69) is 5.32 Å². The molecule has 9 nitrogen and oxygen atoms in total. The Morgan fingerprint density at radius 1 is 1.05 bits per heavy atom. The van der Waals surface area contributed by atoms with Gasteiger partial charge in [-0.15, -0.1) is 11.3 Å². The molecule has 3 fully saturated rings. The lowest BCUT2D eigenvalue weighted by Gasteiger charge is -2.37. The van der Waals surface area contributed by atoms with Crippen molar-refractivity contribution in [3.8, 4) is 0 Å². The maximum absolute atomic E-state index is 14.3.